The first-order valence-corrected chi connectivity index (χ1v) is 10.8. The summed E-state index contributed by atoms with van der Waals surface area (Å²) in [5.74, 6) is 3.65. The summed E-state index contributed by atoms with van der Waals surface area (Å²) < 4.78 is 5.04. The number of aliphatic carboxylic acids is 1. The molecule has 0 saturated carbocycles. The number of hydrogen-bond acceptors (Lipinski definition) is 6. The van der Waals surface area contributed by atoms with Crippen LogP contribution in [0.25, 0.3) is 0 Å². The molecule has 2 aromatic carbocycles. The number of benzene rings is 2. The van der Waals surface area contributed by atoms with E-state index in [0.29, 0.717) is 6.54 Å². The van der Waals surface area contributed by atoms with E-state index in [1.807, 2.05) is 42.5 Å². The topological polar surface area (TPSA) is 143 Å². The van der Waals surface area contributed by atoms with E-state index in [1.54, 1.807) is 18.3 Å². The van der Waals surface area contributed by atoms with Crippen molar-refractivity contribution in [2.75, 3.05) is 6.54 Å². The summed E-state index contributed by atoms with van der Waals surface area (Å²) in [7, 11) is 0. The van der Waals surface area contributed by atoms with E-state index >= 15 is 0 Å². The number of hydrogen-bond donors (Lipinski definition) is 4. The summed E-state index contributed by atoms with van der Waals surface area (Å²) in [6, 6.07) is 15.8. The predicted molar refractivity (Wildman–Crippen MR) is 125 cm³/mol. The second-order valence-electron chi connectivity index (χ2n) is 7.46. The summed E-state index contributed by atoms with van der Waals surface area (Å²) in [6.45, 7) is 0.534. The van der Waals surface area contributed by atoms with Crippen LogP contribution in [-0.2, 0) is 27.4 Å². The van der Waals surface area contributed by atoms with E-state index in [4.69, 9.17) is 10.6 Å². The van der Waals surface area contributed by atoms with Crippen LogP contribution in [0.1, 0.15) is 42.4 Å². The van der Waals surface area contributed by atoms with Gasteiger partial charge in [-0.3, -0.25) is 4.79 Å². The van der Waals surface area contributed by atoms with Crippen molar-refractivity contribution in [1.29, 1.82) is 0 Å². The number of ether oxygens (including phenoxy) is 1. The lowest BCUT2D eigenvalue weighted by atomic mass is 10.1. The molecule has 9 nitrogen and oxygen atoms in total. The number of nitrogens with zero attached hydrogens (tertiary/aromatic N) is 1. The van der Waals surface area contributed by atoms with Crippen molar-refractivity contribution >= 4 is 24.2 Å². The first-order valence-electron chi connectivity index (χ1n) is 10.8. The summed E-state index contributed by atoms with van der Waals surface area (Å²) in [4.78, 5) is 35.3. The van der Waals surface area contributed by atoms with Gasteiger partial charge in [-0.15, -0.1) is 0 Å². The zero-order chi connectivity index (χ0) is 23.9. The standard InChI is InChI=1S/C24H30N4O5/c25-27-16-19-11-9-18(10-12-19)6-4-5-15-26-22(29)14-13-21(23(30)31)28-24(32)33-17-20-7-2-1-3-8-20/h1-3,7-12,16,21H,4-6,13-15,17,25H2,(H,26,29)(H,28,32)(H,30,31). The summed E-state index contributed by atoms with van der Waals surface area (Å²) in [6.07, 6.45) is 3.28. The Balaban J connectivity index is 1.61. The van der Waals surface area contributed by atoms with Crippen LogP contribution in [0.2, 0.25) is 0 Å². The van der Waals surface area contributed by atoms with Crippen LogP contribution >= 0.6 is 0 Å². The van der Waals surface area contributed by atoms with Gasteiger partial charge < -0.3 is 26.3 Å². The van der Waals surface area contributed by atoms with Crippen LogP contribution < -0.4 is 16.5 Å². The van der Waals surface area contributed by atoms with Gasteiger partial charge in [0, 0.05) is 13.0 Å². The van der Waals surface area contributed by atoms with Crippen LogP contribution in [0.3, 0.4) is 0 Å². The van der Waals surface area contributed by atoms with Gasteiger partial charge in [0.05, 0.1) is 6.21 Å². The maximum Gasteiger partial charge on any atom is 0.408 e. The molecule has 33 heavy (non-hydrogen) atoms. The highest BCUT2D eigenvalue weighted by molar-refractivity contribution is 5.81. The Morgan fingerprint density at radius 3 is 2.42 bits per heavy atom. The number of amides is 2. The van der Waals surface area contributed by atoms with Crippen LogP contribution in [0.15, 0.2) is 59.7 Å². The van der Waals surface area contributed by atoms with Gasteiger partial charge in [0.25, 0.3) is 0 Å². The zero-order valence-corrected chi connectivity index (χ0v) is 18.4. The lowest BCUT2D eigenvalue weighted by Gasteiger charge is -2.14. The van der Waals surface area contributed by atoms with E-state index in [0.717, 1.165) is 30.4 Å². The monoisotopic (exact) mass is 454 g/mol. The van der Waals surface area contributed by atoms with Gasteiger partial charge in [0.15, 0.2) is 0 Å². The summed E-state index contributed by atoms with van der Waals surface area (Å²) in [5, 5.41) is 17.9. The van der Waals surface area contributed by atoms with Gasteiger partial charge in [-0.2, -0.15) is 5.10 Å². The largest absolute Gasteiger partial charge is 0.480 e. The van der Waals surface area contributed by atoms with Crippen molar-refractivity contribution in [3.63, 3.8) is 0 Å². The second kappa shape index (κ2) is 14.2. The van der Waals surface area contributed by atoms with Crippen molar-refractivity contribution < 1.29 is 24.2 Å². The quantitative estimate of drug-likeness (QED) is 0.159. The number of carboxylic acids is 1. The van der Waals surface area contributed by atoms with E-state index in [9.17, 15) is 19.5 Å². The average Bonchev–Trinajstić information content (AvgIpc) is 2.82. The second-order valence-corrected chi connectivity index (χ2v) is 7.46. The fourth-order valence-electron chi connectivity index (χ4n) is 3.07. The van der Waals surface area contributed by atoms with Crippen molar-refractivity contribution in [2.45, 2.75) is 44.8 Å². The van der Waals surface area contributed by atoms with Gasteiger partial charge in [0.1, 0.15) is 12.6 Å². The molecule has 0 spiro atoms. The van der Waals surface area contributed by atoms with Gasteiger partial charge in [0.2, 0.25) is 5.91 Å². The highest BCUT2D eigenvalue weighted by atomic mass is 16.5. The zero-order valence-electron chi connectivity index (χ0n) is 18.4. The molecule has 2 amide bonds. The molecule has 0 heterocycles. The smallest absolute Gasteiger partial charge is 0.408 e. The number of unbranched alkanes of at least 4 members (excludes halogenated alkanes) is 1. The minimum absolute atomic E-state index is 0.0138. The maximum atomic E-state index is 12.0. The molecule has 5 N–H and O–H groups in total. The number of carboxylic acid groups (broad SMARTS) is 1. The number of aryl methyl sites for hydroxylation is 1. The number of carbonyl (C=O) groups is 3. The Kier molecular flexibility index (Phi) is 10.9. The van der Waals surface area contributed by atoms with Gasteiger partial charge in [-0.1, -0.05) is 54.6 Å². The Hall–Kier alpha value is -3.88. The van der Waals surface area contributed by atoms with Crippen molar-refractivity contribution in [3.8, 4) is 0 Å². The molecule has 0 bridgehead atoms. The van der Waals surface area contributed by atoms with Gasteiger partial charge >= 0.3 is 12.1 Å². The molecule has 0 saturated heterocycles. The van der Waals surface area contributed by atoms with Crippen LogP contribution in [-0.4, -0.2) is 41.9 Å². The number of carbonyl (C=O) groups excluding carboxylic acids is 2. The summed E-state index contributed by atoms with van der Waals surface area (Å²) >= 11 is 0. The molecule has 1 unspecified atom stereocenters. The third kappa shape index (κ3) is 10.3. The minimum atomic E-state index is -1.22. The SMILES string of the molecule is NN=Cc1ccc(CCCCNC(=O)CCC(NC(=O)OCc2ccccc2)C(=O)O)cc1. The molecule has 9 heteroatoms. The third-order valence-electron chi connectivity index (χ3n) is 4.88. The maximum absolute atomic E-state index is 12.0. The molecule has 176 valence electrons. The molecule has 2 aromatic rings. The fourth-order valence-corrected chi connectivity index (χ4v) is 3.07. The summed E-state index contributed by atoms with van der Waals surface area (Å²) in [5.41, 5.74) is 2.91. The Bertz CT molecular complexity index is 916. The number of alkyl carbamates (subject to hydrolysis) is 1. The molecule has 0 fully saturated rings. The number of nitrogens with one attached hydrogen (secondary N) is 2. The normalized spacial score (nSPS) is 11.6. The molecule has 0 aromatic heterocycles. The van der Waals surface area contributed by atoms with Gasteiger partial charge in [-0.25, -0.2) is 9.59 Å². The van der Waals surface area contributed by atoms with Crippen molar-refractivity contribution in [2.24, 2.45) is 10.9 Å². The lowest BCUT2D eigenvalue weighted by molar-refractivity contribution is -0.139. The first-order chi connectivity index (χ1) is 16.0. The molecule has 0 aliphatic heterocycles. The molecule has 0 aliphatic carbocycles. The Morgan fingerprint density at radius 2 is 1.76 bits per heavy atom. The number of rotatable bonds is 13. The predicted octanol–water partition coefficient (Wildman–Crippen LogP) is 2.58. The molecule has 0 aliphatic rings. The van der Waals surface area contributed by atoms with Crippen molar-refractivity contribution in [1.82, 2.24) is 10.6 Å². The number of nitrogens with two attached hydrogens (primary N) is 1. The van der Waals surface area contributed by atoms with Crippen molar-refractivity contribution in [3.05, 3.63) is 71.3 Å². The average molecular weight is 455 g/mol. The lowest BCUT2D eigenvalue weighted by Crippen LogP contribution is -2.41. The minimum Gasteiger partial charge on any atom is -0.480 e. The highest BCUT2D eigenvalue weighted by Gasteiger charge is 2.21. The highest BCUT2D eigenvalue weighted by Crippen LogP contribution is 2.07. The molecule has 1 atom stereocenters. The van der Waals surface area contributed by atoms with Gasteiger partial charge in [-0.05, 0) is 42.4 Å². The fraction of sp³-hybridized carbons (Fsp3) is 0.333. The van der Waals surface area contributed by atoms with E-state index in [1.165, 1.54) is 5.56 Å². The van der Waals surface area contributed by atoms with Crippen LogP contribution in [0.5, 0.6) is 0 Å². The van der Waals surface area contributed by atoms with Crippen LogP contribution in [0, 0.1) is 0 Å². The molecule has 2 rings (SSSR count). The first kappa shape index (κ1) is 25.4. The Morgan fingerprint density at radius 1 is 1.03 bits per heavy atom. The van der Waals surface area contributed by atoms with Crippen LogP contribution in [0.4, 0.5) is 4.79 Å². The third-order valence-corrected chi connectivity index (χ3v) is 4.88. The Labute approximate surface area is 193 Å². The van der Waals surface area contributed by atoms with E-state index in [-0.39, 0.29) is 25.4 Å². The molecular formula is C24H30N4O5. The number of hydrazone groups is 1. The molecule has 0 radical (unpaired) electrons. The van der Waals surface area contributed by atoms with E-state index in [2.05, 4.69) is 15.7 Å². The molecular weight excluding hydrogens is 424 g/mol. The van der Waals surface area contributed by atoms with E-state index < -0.39 is 18.1 Å².